The van der Waals surface area contributed by atoms with Gasteiger partial charge in [-0.2, -0.15) is 26.7 Å². The van der Waals surface area contributed by atoms with Gasteiger partial charge in [-0.3, -0.25) is 9.36 Å². The van der Waals surface area contributed by atoms with E-state index in [9.17, 15) is 17.6 Å². The van der Waals surface area contributed by atoms with Crippen molar-refractivity contribution in [3.63, 3.8) is 0 Å². The Balaban J connectivity index is 0.000000241. The minimum Gasteiger partial charge on any atom is -0.857 e. The number of ether oxygens (including phenoxy) is 1. The molecular formula is C37H28Cl3F4N10NaO5. The Morgan fingerprint density at radius 1 is 0.617 bits per heavy atom. The molecule has 0 aliphatic rings. The Morgan fingerprint density at radius 2 is 1.02 bits per heavy atom. The molecule has 0 atom stereocenters. The molecule has 60 heavy (non-hydrogen) atoms. The second kappa shape index (κ2) is 22.4. The summed E-state index contributed by atoms with van der Waals surface area (Å²) in [5.74, 6) is -2.73. The predicted octanol–water partition coefficient (Wildman–Crippen LogP) is 4.20. The molecule has 8 aromatic rings. The molecular weight excluding hydrogens is 870 g/mol. The van der Waals surface area contributed by atoms with Crippen LogP contribution in [0.5, 0.6) is 5.88 Å². The molecule has 0 saturated heterocycles. The summed E-state index contributed by atoms with van der Waals surface area (Å²) in [4.78, 5) is 15.6. The maximum absolute atomic E-state index is 14.1. The molecule has 0 fully saturated rings. The first kappa shape index (κ1) is 47.4. The van der Waals surface area contributed by atoms with Crippen LogP contribution in [0.15, 0.2) is 94.4 Å². The van der Waals surface area contributed by atoms with Gasteiger partial charge in [0, 0.05) is 30.4 Å². The Kier molecular flexibility index (Phi) is 17.7. The smallest absolute Gasteiger partial charge is 0.857 e. The maximum Gasteiger partial charge on any atom is 1.00 e. The summed E-state index contributed by atoms with van der Waals surface area (Å²) in [6.45, 7) is 0.248. The fourth-order valence-corrected chi connectivity index (χ4v) is 5.68. The molecule has 0 unspecified atom stereocenters. The largest absolute Gasteiger partial charge is 1.00 e. The fraction of sp³-hybridized carbons (Fsp3) is 0.135. The van der Waals surface area contributed by atoms with Crippen LogP contribution in [0.2, 0.25) is 15.5 Å². The van der Waals surface area contributed by atoms with Crippen molar-refractivity contribution in [1.82, 2.24) is 49.8 Å². The summed E-state index contributed by atoms with van der Waals surface area (Å²) < 4.78 is 73.3. The fourth-order valence-electron chi connectivity index (χ4n) is 5.13. The van der Waals surface area contributed by atoms with Crippen molar-refractivity contribution < 1.29 is 71.1 Å². The normalized spacial score (nSPS) is 10.3. The minimum absolute atomic E-state index is 0. The van der Waals surface area contributed by atoms with Crippen LogP contribution in [0.1, 0.15) is 11.1 Å². The van der Waals surface area contributed by atoms with Crippen molar-refractivity contribution in [2.24, 2.45) is 0 Å². The maximum atomic E-state index is 14.1. The van der Waals surface area contributed by atoms with E-state index < -0.39 is 27.1 Å². The summed E-state index contributed by atoms with van der Waals surface area (Å²) in [5, 5.41) is 30.6. The van der Waals surface area contributed by atoms with Gasteiger partial charge >= 0.3 is 29.6 Å². The van der Waals surface area contributed by atoms with Gasteiger partial charge in [0.2, 0.25) is 5.82 Å². The predicted molar refractivity (Wildman–Crippen MR) is 204 cm³/mol. The van der Waals surface area contributed by atoms with E-state index in [-0.39, 0.29) is 83.2 Å². The summed E-state index contributed by atoms with van der Waals surface area (Å²) in [7, 11) is 3.02. The molecule has 1 N–H and O–H groups in total. The van der Waals surface area contributed by atoms with Crippen molar-refractivity contribution in [3.05, 3.63) is 135 Å². The van der Waals surface area contributed by atoms with Gasteiger partial charge in [0.1, 0.15) is 46.9 Å². The zero-order valence-electron chi connectivity index (χ0n) is 31.7. The Morgan fingerprint density at radius 3 is 1.40 bits per heavy atom. The molecule has 0 aliphatic heterocycles. The number of aliphatic hydroxyl groups is 1. The summed E-state index contributed by atoms with van der Waals surface area (Å²) in [6, 6.07) is 19.2. The molecule has 0 bridgehead atoms. The van der Waals surface area contributed by atoms with Crippen molar-refractivity contribution in [3.8, 4) is 51.7 Å². The van der Waals surface area contributed by atoms with Gasteiger partial charge in [-0.1, -0.05) is 81.5 Å². The van der Waals surface area contributed by atoms with E-state index in [0.717, 1.165) is 14.2 Å². The number of hydrogen-bond donors (Lipinski definition) is 1. The average Bonchev–Trinajstić information content (AvgIpc) is 4.10. The van der Waals surface area contributed by atoms with Crippen molar-refractivity contribution in [2.45, 2.75) is 13.1 Å². The third-order valence-electron chi connectivity index (χ3n) is 7.72. The van der Waals surface area contributed by atoms with Gasteiger partial charge in [-0.05, 0) is 24.3 Å². The van der Waals surface area contributed by atoms with Gasteiger partial charge in [0.15, 0.2) is 32.9 Å². The Hall–Kier alpha value is -5.25. The van der Waals surface area contributed by atoms with E-state index in [2.05, 4.69) is 40.4 Å². The number of hydrogen-bond acceptors (Lipinski definition) is 13. The van der Waals surface area contributed by atoms with E-state index >= 15 is 0 Å². The molecule has 0 aliphatic carbocycles. The van der Waals surface area contributed by atoms with Crippen LogP contribution in [0.3, 0.4) is 0 Å². The summed E-state index contributed by atoms with van der Waals surface area (Å²) >= 11 is 17.3. The monoisotopic (exact) mass is 896 g/mol. The number of rotatable bonds is 9. The van der Waals surface area contributed by atoms with Crippen LogP contribution in [0.25, 0.3) is 45.8 Å². The van der Waals surface area contributed by atoms with Gasteiger partial charge in [-0.15, -0.1) is 0 Å². The SMILES string of the molecule is CO.COc1nc(-c2cc(-c3ccon3)n(Cc3ccccc3F)n2)nc(Cl)c1F.C[O-].Fc1ccccc1Cn1nc(-c2nc(Cl)c(F)c(Cl)n2)cc1-c1ccon1.[Na+]. The van der Waals surface area contributed by atoms with Crippen molar-refractivity contribution >= 4 is 34.8 Å². The van der Waals surface area contributed by atoms with Crippen molar-refractivity contribution in [1.29, 1.82) is 0 Å². The van der Waals surface area contributed by atoms with Crippen LogP contribution < -0.4 is 39.4 Å². The van der Waals surface area contributed by atoms with Crippen LogP contribution in [0.4, 0.5) is 17.6 Å². The molecule has 0 radical (unpaired) electrons. The molecule has 6 heterocycles. The minimum atomic E-state index is -0.912. The van der Waals surface area contributed by atoms with E-state index in [1.807, 2.05) is 0 Å². The topological polar surface area (TPSA) is 192 Å². The molecule has 306 valence electrons. The first-order chi connectivity index (χ1) is 28.6. The van der Waals surface area contributed by atoms with Crippen LogP contribution >= 0.6 is 34.8 Å². The van der Waals surface area contributed by atoms with Crippen LogP contribution in [-0.2, 0) is 13.1 Å². The number of halogens is 7. The van der Waals surface area contributed by atoms with Crippen LogP contribution in [-0.4, -0.2) is 76.2 Å². The van der Waals surface area contributed by atoms with E-state index in [1.54, 1.807) is 60.7 Å². The molecule has 23 heteroatoms. The first-order valence-electron chi connectivity index (χ1n) is 16.6. The number of benzene rings is 2. The van der Waals surface area contributed by atoms with Gasteiger partial charge in [-0.25, -0.2) is 28.1 Å². The average molecular weight is 898 g/mol. The third kappa shape index (κ3) is 11.1. The zero-order chi connectivity index (χ0) is 42.6. The Labute approximate surface area is 374 Å². The second-order valence-electron chi connectivity index (χ2n) is 11.2. The summed E-state index contributed by atoms with van der Waals surface area (Å²) in [6.07, 6.45) is 2.81. The number of methoxy groups -OCH3 is 1. The van der Waals surface area contributed by atoms with E-state index in [1.165, 1.54) is 41.1 Å². The zero-order valence-corrected chi connectivity index (χ0v) is 36.0. The third-order valence-corrected chi connectivity index (χ3v) is 8.47. The first-order valence-corrected chi connectivity index (χ1v) is 17.7. The molecule has 0 amide bonds. The van der Waals surface area contributed by atoms with Crippen molar-refractivity contribution in [2.75, 3.05) is 21.3 Å². The van der Waals surface area contributed by atoms with Crippen LogP contribution in [0, 0.1) is 23.3 Å². The molecule has 8 rings (SSSR count). The van der Waals surface area contributed by atoms with E-state index in [0.29, 0.717) is 33.9 Å². The molecule has 0 spiro atoms. The van der Waals surface area contributed by atoms with E-state index in [4.69, 9.17) is 58.8 Å². The van der Waals surface area contributed by atoms with Gasteiger partial charge in [0.05, 0.1) is 31.6 Å². The Bertz CT molecular complexity index is 2600. The quantitative estimate of drug-likeness (QED) is 0.123. The molecule has 6 aromatic heterocycles. The molecule has 0 saturated carbocycles. The summed E-state index contributed by atoms with van der Waals surface area (Å²) in [5.41, 5.74) is 3.44. The second-order valence-corrected chi connectivity index (χ2v) is 12.3. The van der Waals surface area contributed by atoms with Gasteiger partial charge in [0.25, 0.3) is 5.88 Å². The number of aromatic nitrogens is 10. The number of aliphatic hydroxyl groups excluding tert-OH is 1. The standard InChI is InChI=1S/C18H12ClF2N5O2.C17H9Cl2F2N5O.CH4O.CH3O.Na/c1-27-18-15(21)16(19)22-17(23-18)13-8-14(12-6-7-28-25-12)26(24-13)9-10-4-2-3-5-11(10)20;18-15-14(21)16(19)23-17(22-15)12-7-13(11-5-6-27-25-11)26(24-12)8-9-3-1-2-4-10(9)20;2*1-2;/h2-8H,9H2,1H3;1-7H,8H2;2H,1H3;1H3;/q;;;-1;+1. The number of nitrogens with zero attached hydrogens (tertiary/aromatic N) is 10. The van der Waals surface area contributed by atoms with Gasteiger partial charge < -0.3 is 24.0 Å². The molecule has 15 nitrogen and oxygen atoms in total. The molecule has 2 aromatic carbocycles.